The number of thiophene rings is 1. The molecule has 10 nitrogen and oxygen atoms in total. The topological polar surface area (TPSA) is 129 Å². The van der Waals surface area contributed by atoms with Gasteiger partial charge in [-0.15, -0.1) is 11.3 Å². The SMILES string of the molecule is COc1ccccc1N1CCN(CCCNC(=O)c2csc3c(=O)cc(C(F)(F)F)oc23)CC1.CS(=O)(=O)O. The molecule has 1 saturated heterocycles. The molecule has 1 aromatic carbocycles. The molecule has 0 saturated carbocycles. The minimum atomic E-state index is -4.81. The molecule has 1 fully saturated rings. The Morgan fingerprint density at radius 1 is 1.21 bits per heavy atom. The number of carbonyl (C=O) groups excluding carboxylic acids is 1. The van der Waals surface area contributed by atoms with Crippen LogP contribution in [-0.2, 0) is 16.3 Å². The first-order chi connectivity index (χ1) is 18.3. The van der Waals surface area contributed by atoms with Gasteiger partial charge in [-0.3, -0.25) is 19.0 Å². The molecule has 3 heterocycles. The number of alkyl halides is 3. The van der Waals surface area contributed by atoms with Gasteiger partial charge in [0.25, 0.3) is 16.0 Å². The summed E-state index contributed by atoms with van der Waals surface area (Å²) in [4.78, 5) is 29.1. The van der Waals surface area contributed by atoms with Crippen LogP contribution in [0.25, 0.3) is 10.3 Å². The fraction of sp³-hybridized carbons (Fsp3) is 0.417. The molecule has 0 radical (unpaired) electrons. The number of ether oxygens (including phenoxy) is 1. The van der Waals surface area contributed by atoms with Crippen LogP contribution < -0.4 is 20.4 Å². The number of piperazine rings is 1. The van der Waals surface area contributed by atoms with E-state index < -0.39 is 33.4 Å². The summed E-state index contributed by atoms with van der Waals surface area (Å²) in [5.74, 6) is -1.13. The van der Waals surface area contributed by atoms with Gasteiger partial charge >= 0.3 is 6.18 Å². The summed E-state index contributed by atoms with van der Waals surface area (Å²) >= 11 is 0.895. The third-order valence-corrected chi connectivity index (χ3v) is 6.68. The fourth-order valence-corrected chi connectivity index (χ4v) is 4.83. The number of carbonyl (C=O) groups is 1. The first-order valence-corrected chi connectivity index (χ1v) is 14.4. The van der Waals surface area contributed by atoms with Crippen LogP contribution in [-0.4, -0.2) is 76.4 Å². The lowest BCUT2D eigenvalue weighted by Crippen LogP contribution is -2.47. The van der Waals surface area contributed by atoms with Crippen molar-refractivity contribution in [1.82, 2.24) is 10.2 Å². The van der Waals surface area contributed by atoms with E-state index in [4.69, 9.17) is 13.7 Å². The lowest BCUT2D eigenvalue weighted by atomic mass is 10.2. The van der Waals surface area contributed by atoms with E-state index in [-0.39, 0.29) is 15.8 Å². The highest BCUT2D eigenvalue weighted by atomic mass is 32.2. The molecule has 39 heavy (non-hydrogen) atoms. The van der Waals surface area contributed by atoms with E-state index in [1.165, 1.54) is 5.38 Å². The highest BCUT2D eigenvalue weighted by Gasteiger charge is 2.35. The first-order valence-electron chi connectivity index (χ1n) is 11.7. The number of nitrogens with zero attached hydrogens (tertiary/aromatic N) is 2. The number of rotatable bonds is 7. The van der Waals surface area contributed by atoms with Crippen molar-refractivity contribution < 1.29 is 40.1 Å². The van der Waals surface area contributed by atoms with Gasteiger partial charge in [-0.1, -0.05) is 12.1 Å². The quantitative estimate of drug-likeness (QED) is 0.314. The summed E-state index contributed by atoms with van der Waals surface area (Å²) < 4.78 is 75.1. The van der Waals surface area contributed by atoms with Gasteiger partial charge in [0.05, 0.1) is 24.6 Å². The molecular weight excluding hydrogens is 563 g/mol. The number of halogens is 3. The summed E-state index contributed by atoms with van der Waals surface area (Å²) in [6.07, 6.45) is -3.41. The Bertz CT molecular complexity index is 1440. The molecule has 2 N–H and O–H groups in total. The summed E-state index contributed by atoms with van der Waals surface area (Å²) in [6, 6.07) is 8.32. The molecule has 0 unspecified atom stereocenters. The zero-order valence-corrected chi connectivity index (χ0v) is 22.8. The van der Waals surface area contributed by atoms with Gasteiger partial charge in [0.2, 0.25) is 11.2 Å². The van der Waals surface area contributed by atoms with Crippen LogP contribution >= 0.6 is 11.3 Å². The molecule has 3 aromatic rings. The highest BCUT2D eigenvalue weighted by Crippen LogP contribution is 2.33. The molecule has 1 amide bonds. The number of nitrogens with one attached hydrogen (secondary N) is 1. The van der Waals surface area contributed by atoms with Crippen LogP contribution in [0.3, 0.4) is 0 Å². The largest absolute Gasteiger partial charge is 0.495 e. The molecule has 0 spiro atoms. The molecule has 2 aromatic heterocycles. The second kappa shape index (κ2) is 12.8. The summed E-state index contributed by atoms with van der Waals surface area (Å²) in [5, 5.41) is 4.06. The number of methoxy groups -OCH3 is 1. The Balaban J connectivity index is 0.000000771. The number of benzene rings is 1. The van der Waals surface area contributed by atoms with Crippen LogP contribution in [0, 0.1) is 0 Å². The van der Waals surface area contributed by atoms with Crippen molar-refractivity contribution in [1.29, 1.82) is 0 Å². The molecule has 0 aliphatic carbocycles. The Labute approximate surface area is 226 Å². The van der Waals surface area contributed by atoms with Crippen LogP contribution in [0.2, 0.25) is 0 Å². The highest BCUT2D eigenvalue weighted by molar-refractivity contribution is 7.85. The molecule has 1 aliphatic rings. The van der Waals surface area contributed by atoms with Gasteiger partial charge in [0.15, 0.2) is 5.58 Å². The van der Waals surface area contributed by atoms with Gasteiger partial charge in [0, 0.05) is 44.2 Å². The van der Waals surface area contributed by atoms with E-state index in [1.807, 2.05) is 24.3 Å². The van der Waals surface area contributed by atoms with Crippen LogP contribution in [0.5, 0.6) is 5.75 Å². The predicted molar refractivity (Wildman–Crippen MR) is 141 cm³/mol. The van der Waals surface area contributed by atoms with E-state index in [0.29, 0.717) is 25.3 Å². The number of hydrogen-bond donors (Lipinski definition) is 2. The first kappa shape index (κ1) is 30.4. The lowest BCUT2D eigenvalue weighted by molar-refractivity contribution is -0.152. The maximum Gasteiger partial charge on any atom is 0.449 e. The number of para-hydroxylation sites is 2. The van der Waals surface area contributed by atoms with Crippen LogP contribution in [0.15, 0.2) is 44.9 Å². The van der Waals surface area contributed by atoms with Crippen molar-refractivity contribution in [3.05, 3.63) is 57.3 Å². The lowest BCUT2D eigenvalue weighted by Gasteiger charge is -2.36. The number of anilines is 1. The van der Waals surface area contributed by atoms with Crippen molar-refractivity contribution in [3.63, 3.8) is 0 Å². The molecular formula is C24H28F3N3O7S2. The predicted octanol–water partition coefficient (Wildman–Crippen LogP) is 3.33. The van der Waals surface area contributed by atoms with Gasteiger partial charge in [-0.25, -0.2) is 0 Å². The van der Waals surface area contributed by atoms with E-state index in [2.05, 4.69) is 15.1 Å². The molecule has 0 bridgehead atoms. The van der Waals surface area contributed by atoms with E-state index >= 15 is 0 Å². The number of hydrogen-bond acceptors (Lipinski definition) is 9. The minimum Gasteiger partial charge on any atom is -0.495 e. The smallest absolute Gasteiger partial charge is 0.449 e. The zero-order valence-electron chi connectivity index (χ0n) is 21.2. The third kappa shape index (κ3) is 8.68. The normalized spacial score (nSPS) is 14.6. The van der Waals surface area contributed by atoms with Gasteiger partial charge < -0.3 is 19.4 Å². The van der Waals surface area contributed by atoms with Crippen molar-refractivity contribution >= 4 is 43.3 Å². The minimum absolute atomic E-state index is 0.00827. The van der Waals surface area contributed by atoms with Crippen molar-refractivity contribution in [2.75, 3.05) is 57.5 Å². The molecule has 4 rings (SSSR count). The van der Waals surface area contributed by atoms with Crippen LogP contribution in [0.1, 0.15) is 22.5 Å². The Morgan fingerprint density at radius 2 is 1.85 bits per heavy atom. The van der Waals surface area contributed by atoms with Gasteiger partial charge in [-0.05, 0) is 25.1 Å². The van der Waals surface area contributed by atoms with Gasteiger partial charge in [-0.2, -0.15) is 21.6 Å². The second-order valence-electron chi connectivity index (χ2n) is 8.62. The Kier molecular flexibility index (Phi) is 9.98. The van der Waals surface area contributed by atoms with Crippen molar-refractivity contribution in [2.24, 2.45) is 0 Å². The van der Waals surface area contributed by atoms with Crippen molar-refractivity contribution in [3.8, 4) is 5.75 Å². The standard InChI is InChI=1S/C23H24F3N3O4S.CH4O3S/c1-32-18-6-3-2-5-16(18)29-11-9-28(10-12-29)8-4-7-27-22(31)15-14-34-21-17(30)13-19(23(24,25)26)33-20(15)21;1-5(2,3)4/h2-3,5-6,13-14H,4,7-12H2,1H3,(H,27,31);1H3,(H,2,3,4). The van der Waals surface area contributed by atoms with E-state index in [9.17, 15) is 31.2 Å². The summed E-state index contributed by atoms with van der Waals surface area (Å²) in [6.45, 7) is 4.57. The summed E-state index contributed by atoms with van der Waals surface area (Å²) in [7, 11) is -2.01. The Morgan fingerprint density at radius 3 is 2.46 bits per heavy atom. The molecule has 214 valence electrons. The van der Waals surface area contributed by atoms with E-state index in [0.717, 1.165) is 55.5 Å². The third-order valence-electron chi connectivity index (χ3n) is 5.70. The fourth-order valence-electron chi connectivity index (χ4n) is 3.94. The average Bonchev–Trinajstić information content (AvgIpc) is 3.30. The van der Waals surface area contributed by atoms with Gasteiger partial charge in [0.1, 0.15) is 10.4 Å². The maximum atomic E-state index is 13.0. The number of fused-ring (bicyclic) bond motifs is 1. The second-order valence-corrected chi connectivity index (χ2v) is 11.0. The maximum absolute atomic E-state index is 13.0. The Hall–Kier alpha value is -3.14. The molecule has 0 atom stereocenters. The van der Waals surface area contributed by atoms with E-state index in [1.54, 1.807) is 7.11 Å². The van der Waals surface area contributed by atoms with Crippen molar-refractivity contribution in [2.45, 2.75) is 12.6 Å². The monoisotopic (exact) mass is 591 g/mol. The average molecular weight is 592 g/mol. The molecule has 1 aliphatic heterocycles. The zero-order chi connectivity index (χ0) is 28.8. The molecule has 15 heteroatoms. The number of amides is 1. The van der Waals surface area contributed by atoms with Crippen LogP contribution in [0.4, 0.5) is 18.9 Å². The summed E-state index contributed by atoms with van der Waals surface area (Å²) in [5.41, 5.74) is -0.131.